The molecular weight excluding hydrogens is 354 g/mol. The SMILES string of the molecule is CCc1c(C)nc(-c2ccc(Cl)o2)nc1Nc1ccc(CC(=O)O)cc1. The van der Waals surface area contributed by atoms with Gasteiger partial charge in [0, 0.05) is 16.9 Å². The van der Waals surface area contributed by atoms with E-state index in [1.54, 1.807) is 24.3 Å². The Labute approximate surface area is 155 Å². The highest BCUT2D eigenvalue weighted by Crippen LogP contribution is 2.27. The van der Waals surface area contributed by atoms with Gasteiger partial charge in [0.05, 0.1) is 6.42 Å². The molecule has 0 bridgehead atoms. The molecule has 0 saturated carbocycles. The summed E-state index contributed by atoms with van der Waals surface area (Å²) in [5, 5.41) is 12.4. The fraction of sp³-hybridized carbons (Fsp3) is 0.211. The molecule has 1 aromatic carbocycles. The lowest BCUT2D eigenvalue weighted by Gasteiger charge is -2.13. The maximum Gasteiger partial charge on any atom is 0.307 e. The first-order chi connectivity index (χ1) is 12.5. The number of nitrogens with zero attached hydrogens (tertiary/aromatic N) is 2. The molecule has 2 heterocycles. The van der Waals surface area contributed by atoms with E-state index in [0.717, 1.165) is 28.9 Å². The molecular formula is C19H18ClN3O3. The van der Waals surface area contributed by atoms with E-state index in [0.29, 0.717) is 17.4 Å². The number of hydrogen-bond donors (Lipinski definition) is 2. The zero-order valence-corrected chi connectivity index (χ0v) is 15.2. The lowest BCUT2D eigenvalue weighted by atomic mass is 10.1. The van der Waals surface area contributed by atoms with Crippen LogP contribution in [-0.4, -0.2) is 21.0 Å². The van der Waals surface area contributed by atoms with Crippen molar-refractivity contribution < 1.29 is 14.3 Å². The van der Waals surface area contributed by atoms with Crippen LogP contribution in [0, 0.1) is 6.92 Å². The summed E-state index contributed by atoms with van der Waals surface area (Å²) in [5.41, 5.74) is 3.41. The Bertz CT molecular complexity index is 936. The van der Waals surface area contributed by atoms with E-state index in [9.17, 15) is 4.79 Å². The normalized spacial score (nSPS) is 10.7. The summed E-state index contributed by atoms with van der Waals surface area (Å²) in [4.78, 5) is 19.9. The van der Waals surface area contributed by atoms with Gasteiger partial charge in [-0.25, -0.2) is 9.97 Å². The predicted octanol–water partition coefficient (Wildman–Crippen LogP) is 4.63. The second-order valence-electron chi connectivity index (χ2n) is 5.81. The molecule has 0 atom stereocenters. The fourth-order valence-corrected chi connectivity index (χ4v) is 2.83. The Morgan fingerprint density at radius 1 is 1.19 bits per heavy atom. The highest BCUT2D eigenvalue weighted by molar-refractivity contribution is 6.28. The lowest BCUT2D eigenvalue weighted by molar-refractivity contribution is -0.136. The molecule has 2 N–H and O–H groups in total. The van der Waals surface area contributed by atoms with Crippen LogP contribution in [0.25, 0.3) is 11.6 Å². The summed E-state index contributed by atoms with van der Waals surface area (Å²) in [7, 11) is 0. The number of rotatable bonds is 6. The number of hydrogen-bond acceptors (Lipinski definition) is 5. The van der Waals surface area contributed by atoms with E-state index in [-0.39, 0.29) is 11.6 Å². The van der Waals surface area contributed by atoms with Crippen molar-refractivity contribution in [3.8, 4) is 11.6 Å². The number of carboxylic acid groups (broad SMARTS) is 1. The van der Waals surface area contributed by atoms with Crippen LogP contribution in [-0.2, 0) is 17.6 Å². The van der Waals surface area contributed by atoms with E-state index in [1.807, 2.05) is 26.0 Å². The molecule has 0 amide bonds. The average molecular weight is 372 g/mol. The number of benzene rings is 1. The van der Waals surface area contributed by atoms with Gasteiger partial charge in [-0.05, 0) is 54.8 Å². The molecule has 0 saturated heterocycles. The largest absolute Gasteiger partial charge is 0.481 e. The molecule has 7 heteroatoms. The summed E-state index contributed by atoms with van der Waals surface area (Å²) in [6.07, 6.45) is 0.765. The molecule has 0 aliphatic rings. The number of carbonyl (C=O) groups is 1. The number of aryl methyl sites for hydroxylation is 1. The molecule has 0 radical (unpaired) electrons. The topological polar surface area (TPSA) is 88.3 Å². The van der Waals surface area contributed by atoms with Crippen LogP contribution >= 0.6 is 11.6 Å². The van der Waals surface area contributed by atoms with Crippen LogP contribution in [0.3, 0.4) is 0 Å². The van der Waals surface area contributed by atoms with Gasteiger partial charge in [0.15, 0.2) is 16.8 Å². The number of aromatic nitrogens is 2. The van der Waals surface area contributed by atoms with E-state index in [1.165, 1.54) is 0 Å². The number of aliphatic carboxylic acids is 1. The Balaban J connectivity index is 1.92. The Morgan fingerprint density at radius 3 is 2.50 bits per heavy atom. The Morgan fingerprint density at radius 2 is 1.92 bits per heavy atom. The van der Waals surface area contributed by atoms with Crippen LogP contribution < -0.4 is 5.32 Å². The maximum absolute atomic E-state index is 10.8. The summed E-state index contributed by atoms with van der Waals surface area (Å²) in [6.45, 7) is 3.96. The van der Waals surface area contributed by atoms with Gasteiger partial charge in [-0.2, -0.15) is 0 Å². The second kappa shape index (κ2) is 7.58. The number of anilines is 2. The number of nitrogens with one attached hydrogen (secondary N) is 1. The fourth-order valence-electron chi connectivity index (χ4n) is 2.68. The summed E-state index contributed by atoms with van der Waals surface area (Å²) < 4.78 is 5.41. The van der Waals surface area contributed by atoms with Gasteiger partial charge in [0.1, 0.15) is 5.82 Å². The van der Waals surface area contributed by atoms with Crippen molar-refractivity contribution >= 4 is 29.1 Å². The maximum atomic E-state index is 10.8. The lowest BCUT2D eigenvalue weighted by Crippen LogP contribution is -2.05. The van der Waals surface area contributed by atoms with Crippen LogP contribution in [0.4, 0.5) is 11.5 Å². The molecule has 6 nitrogen and oxygen atoms in total. The average Bonchev–Trinajstić information content (AvgIpc) is 3.02. The molecule has 0 spiro atoms. The Hall–Kier alpha value is -2.86. The quantitative estimate of drug-likeness (QED) is 0.656. The minimum atomic E-state index is -0.854. The van der Waals surface area contributed by atoms with Gasteiger partial charge in [-0.3, -0.25) is 4.79 Å². The monoisotopic (exact) mass is 371 g/mol. The van der Waals surface area contributed by atoms with Crippen molar-refractivity contribution in [1.29, 1.82) is 0 Å². The first-order valence-corrected chi connectivity index (χ1v) is 8.55. The van der Waals surface area contributed by atoms with Crippen molar-refractivity contribution in [3.63, 3.8) is 0 Å². The molecule has 0 fully saturated rings. The van der Waals surface area contributed by atoms with E-state index >= 15 is 0 Å². The van der Waals surface area contributed by atoms with E-state index < -0.39 is 5.97 Å². The minimum absolute atomic E-state index is 0.00347. The highest BCUT2D eigenvalue weighted by Gasteiger charge is 2.14. The van der Waals surface area contributed by atoms with Crippen molar-refractivity contribution in [2.45, 2.75) is 26.7 Å². The molecule has 0 unspecified atom stereocenters. The van der Waals surface area contributed by atoms with Crippen LogP contribution in [0.1, 0.15) is 23.7 Å². The smallest absolute Gasteiger partial charge is 0.307 e. The third kappa shape index (κ3) is 4.03. The summed E-state index contributed by atoms with van der Waals surface area (Å²) in [6, 6.07) is 10.6. The van der Waals surface area contributed by atoms with Gasteiger partial charge in [0.25, 0.3) is 0 Å². The summed E-state index contributed by atoms with van der Waals surface area (Å²) in [5.74, 6) is 0.790. The number of halogens is 1. The molecule has 3 rings (SSSR count). The first-order valence-electron chi connectivity index (χ1n) is 8.17. The third-order valence-corrected chi connectivity index (χ3v) is 4.14. The highest BCUT2D eigenvalue weighted by atomic mass is 35.5. The van der Waals surface area contributed by atoms with Crippen LogP contribution in [0.2, 0.25) is 5.22 Å². The van der Waals surface area contributed by atoms with Crippen molar-refractivity contribution in [1.82, 2.24) is 9.97 Å². The van der Waals surface area contributed by atoms with Crippen molar-refractivity contribution in [2.24, 2.45) is 0 Å². The molecule has 0 aliphatic carbocycles. The number of carboxylic acids is 1. The van der Waals surface area contributed by atoms with E-state index in [4.69, 9.17) is 21.1 Å². The minimum Gasteiger partial charge on any atom is -0.481 e. The molecule has 0 aliphatic heterocycles. The zero-order chi connectivity index (χ0) is 18.7. The van der Waals surface area contributed by atoms with Crippen molar-refractivity contribution in [2.75, 3.05) is 5.32 Å². The Kier molecular flexibility index (Phi) is 5.23. The van der Waals surface area contributed by atoms with Crippen molar-refractivity contribution in [3.05, 3.63) is 58.4 Å². The second-order valence-corrected chi connectivity index (χ2v) is 6.18. The summed E-state index contributed by atoms with van der Waals surface area (Å²) >= 11 is 5.85. The van der Waals surface area contributed by atoms with Gasteiger partial charge >= 0.3 is 5.97 Å². The molecule has 2 aromatic heterocycles. The van der Waals surface area contributed by atoms with Gasteiger partial charge < -0.3 is 14.8 Å². The predicted molar refractivity (Wildman–Crippen MR) is 99.9 cm³/mol. The zero-order valence-electron chi connectivity index (χ0n) is 14.4. The van der Waals surface area contributed by atoms with Gasteiger partial charge in [0.2, 0.25) is 0 Å². The molecule has 3 aromatic rings. The van der Waals surface area contributed by atoms with E-state index in [2.05, 4.69) is 15.3 Å². The van der Waals surface area contributed by atoms with Crippen LogP contribution in [0.15, 0.2) is 40.8 Å². The van der Waals surface area contributed by atoms with Crippen LogP contribution in [0.5, 0.6) is 0 Å². The standard InChI is InChI=1S/C19H18ClN3O3/c1-3-14-11(2)21-19(15-8-9-16(20)26-15)23-18(14)22-13-6-4-12(5-7-13)10-17(24)25/h4-9H,3,10H2,1-2H3,(H,24,25)(H,21,22,23). The number of furan rings is 1. The first kappa shape index (κ1) is 17.9. The van der Waals surface area contributed by atoms with Gasteiger partial charge in [-0.1, -0.05) is 19.1 Å². The molecule has 134 valence electrons. The molecule has 26 heavy (non-hydrogen) atoms. The van der Waals surface area contributed by atoms with Gasteiger partial charge in [-0.15, -0.1) is 0 Å². The third-order valence-electron chi connectivity index (χ3n) is 3.93.